The average molecular weight is 324 g/mol. The molecule has 0 bridgehead atoms. The third kappa shape index (κ3) is 2.49. The molecule has 6 heteroatoms. The molecular weight excluding hydrogens is 306 g/mol. The SMILES string of the molecule is Cc1c(C)c2cc(Cl)c3c(c2oc1=O)CN(CC(C)O)CO3. The van der Waals surface area contributed by atoms with Crippen LogP contribution in [0.15, 0.2) is 15.3 Å². The van der Waals surface area contributed by atoms with Crippen LogP contribution in [0.3, 0.4) is 0 Å². The van der Waals surface area contributed by atoms with Crippen LogP contribution in [0, 0.1) is 13.8 Å². The summed E-state index contributed by atoms with van der Waals surface area (Å²) in [7, 11) is 0. The number of hydrogen-bond donors (Lipinski definition) is 1. The highest BCUT2D eigenvalue weighted by Crippen LogP contribution is 2.39. The van der Waals surface area contributed by atoms with E-state index in [0.717, 1.165) is 16.5 Å². The smallest absolute Gasteiger partial charge is 0.339 e. The van der Waals surface area contributed by atoms with Crippen molar-refractivity contribution in [2.24, 2.45) is 0 Å². The Balaban J connectivity index is 2.21. The minimum atomic E-state index is -0.466. The van der Waals surface area contributed by atoms with E-state index in [0.29, 0.717) is 41.7 Å². The largest absolute Gasteiger partial charge is 0.476 e. The highest BCUT2D eigenvalue weighted by atomic mass is 35.5. The van der Waals surface area contributed by atoms with Crippen molar-refractivity contribution in [3.63, 3.8) is 0 Å². The van der Waals surface area contributed by atoms with E-state index in [9.17, 15) is 9.90 Å². The molecule has 2 heterocycles. The molecule has 0 saturated carbocycles. The molecule has 1 aromatic heterocycles. The maximum atomic E-state index is 12.0. The van der Waals surface area contributed by atoms with E-state index < -0.39 is 6.10 Å². The summed E-state index contributed by atoms with van der Waals surface area (Å²) in [5.74, 6) is 0.558. The molecule has 0 amide bonds. The second kappa shape index (κ2) is 5.57. The van der Waals surface area contributed by atoms with Crippen LogP contribution in [-0.4, -0.2) is 29.4 Å². The first-order chi connectivity index (χ1) is 10.4. The van der Waals surface area contributed by atoms with Gasteiger partial charge in [0.15, 0.2) is 0 Å². The highest BCUT2D eigenvalue weighted by molar-refractivity contribution is 6.33. The number of aryl methyl sites for hydroxylation is 1. The molecule has 1 N–H and O–H groups in total. The van der Waals surface area contributed by atoms with Crippen LogP contribution in [0.4, 0.5) is 0 Å². The fraction of sp³-hybridized carbons (Fsp3) is 0.438. The van der Waals surface area contributed by atoms with Crippen molar-refractivity contribution < 1.29 is 14.3 Å². The lowest BCUT2D eigenvalue weighted by atomic mass is 10.0. The first-order valence-corrected chi connectivity index (χ1v) is 7.55. The van der Waals surface area contributed by atoms with Crippen LogP contribution in [0.25, 0.3) is 11.0 Å². The van der Waals surface area contributed by atoms with E-state index in [2.05, 4.69) is 0 Å². The maximum absolute atomic E-state index is 12.0. The Morgan fingerprint density at radius 3 is 2.82 bits per heavy atom. The highest BCUT2D eigenvalue weighted by Gasteiger charge is 2.25. The van der Waals surface area contributed by atoms with Crippen molar-refractivity contribution in [3.05, 3.63) is 38.2 Å². The second-order valence-electron chi connectivity index (χ2n) is 5.82. The van der Waals surface area contributed by atoms with Gasteiger partial charge in [-0.2, -0.15) is 0 Å². The molecule has 1 aliphatic rings. The van der Waals surface area contributed by atoms with Crippen molar-refractivity contribution in [2.75, 3.05) is 13.3 Å². The lowest BCUT2D eigenvalue weighted by Crippen LogP contribution is -2.37. The number of halogens is 1. The Kier molecular flexibility index (Phi) is 3.89. The fourth-order valence-electron chi connectivity index (χ4n) is 2.80. The lowest BCUT2D eigenvalue weighted by Gasteiger charge is -2.30. The third-order valence-corrected chi connectivity index (χ3v) is 4.32. The molecule has 1 aromatic carbocycles. The van der Waals surface area contributed by atoms with Crippen molar-refractivity contribution in [1.29, 1.82) is 0 Å². The van der Waals surface area contributed by atoms with Crippen LogP contribution >= 0.6 is 11.6 Å². The zero-order chi connectivity index (χ0) is 16.0. The number of fused-ring (bicyclic) bond motifs is 3. The summed E-state index contributed by atoms with van der Waals surface area (Å²) >= 11 is 6.33. The Hall–Kier alpha value is -1.56. The zero-order valence-corrected chi connectivity index (χ0v) is 13.5. The van der Waals surface area contributed by atoms with Gasteiger partial charge in [-0.05, 0) is 32.4 Å². The van der Waals surface area contributed by atoms with Gasteiger partial charge in [-0.15, -0.1) is 0 Å². The number of hydrogen-bond acceptors (Lipinski definition) is 5. The summed E-state index contributed by atoms with van der Waals surface area (Å²) in [6, 6.07) is 1.78. The van der Waals surface area contributed by atoms with Gasteiger partial charge in [0, 0.05) is 24.0 Å². The molecule has 0 fully saturated rings. The van der Waals surface area contributed by atoms with E-state index in [1.807, 2.05) is 11.8 Å². The first-order valence-electron chi connectivity index (χ1n) is 7.17. The molecule has 118 valence electrons. The molecule has 0 spiro atoms. The number of nitrogens with zero attached hydrogens (tertiary/aromatic N) is 1. The fourth-order valence-corrected chi connectivity index (χ4v) is 3.08. The predicted octanol–water partition coefficient (Wildman–Crippen LogP) is 2.60. The van der Waals surface area contributed by atoms with Gasteiger partial charge in [-0.25, -0.2) is 4.79 Å². The quantitative estimate of drug-likeness (QED) is 0.861. The van der Waals surface area contributed by atoms with Crippen LogP contribution in [-0.2, 0) is 6.54 Å². The number of β-amino-alcohol motifs (C(OH)–C–C–N with tert-alkyl or cyclic N) is 1. The zero-order valence-electron chi connectivity index (χ0n) is 12.8. The van der Waals surface area contributed by atoms with Crippen LogP contribution in [0.2, 0.25) is 5.02 Å². The number of ether oxygens (including phenoxy) is 1. The molecule has 1 aliphatic heterocycles. The number of benzene rings is 1. The van der Waals surface area contributed by atoms with Crippen LogP contribution < -0.4 is 10.4 Å². The molecule has 3 rings (SSSR count). The molecule has 5 nitrogen and oxygen atoms in total. The van der Waals surface area contributed by atoms with E-state index >= 15 is 0 Å². The Labute approximate surface area is 133 Å². The van der Waals surface area contributed by atoms with E-state index in [1.165, 1.54) is 0 Å². The number of aliphatic hydroxyl groups excluding tert-OH is 1. The second-order valence-corrected chi connectivity index (χ2v) is 6.22. The molecule has 2 aromatic rings. The van der Waals surface area contributed by atoms with E-state index in [-0.39, 0.29) is 5.63 Å². The van der Waals surface area contributed by atoms with E-state index in [4.69, 9.17) is 20.8 Å². The topological polar surface area (TPSA) is 62.9 Å². The Morgan fingerprint density at radius 1 is 1.41 bits per heavy atom. The molecule has 22 heavy (non-hydrogen) atoms. The molecule has 0 aliphatic carbocycles. The van der Waals surface area contributed by atoms with Crippen LogP contribution in [0.1, 0.15) is 23.6 Å². The summed E-state index contributed by atoms with van der Waals surface area (Å²) in [5.41, 5.74) is 2.38. The van der Waals surface area contributed by atoms with Crippen molar-refractivity contribution in [2.45, 2.75) is 33.4 Å². The van der Waals surface area contributed by atoms with Gasteiger partial charge in [0.1, 0.15) is 18.1 Å². The van der Waals surface area contributed by atoms with Gasteiger partial charge in [0.25, 0.3) is 0 Å². The monoisotopic (exact) mass is 323 g/mol. The number of aliphatic hydroxyl groups is 1. The summed E-state index contributed by atoms with van der Waals surface area (Å²) in [4.78, 5) is 13.9. The van der Waals surface area contributed by atoms with Crippen molar-refractivity contribution >= 4 is 22.6 Å². The lowest BCUT2D eigenvalue weighted by molar-refractivity contribution is 0.0504. The minimum absolute atomic E-state index is 0.345. The Bertz CT molecular complexity index is 797. The van der Waals surface area contributed by atoms with Gasteiger partial charge in [0.05, 0.1) is 16.7 Å². The molecule has 1 atom stereocenters. The van der Waals surface area contributed by atoms with Crippen molar-refractivity contribution in [1.82, 2.24) is 4.90 Å². The predicted molar refractivity (Wildman–Crippen MR) is 84.6 cm³/mol. The van der Waals surface area contributed by atoms with Crippen molar-refractivity contribution in [3.8, 4) is 5.75 Å². The van der Waals surface area contributed by atoms with Crippen LogP contribution in [0.5, 0.6) is 5.75 Å². The number of rotatable bonds is 2. The summed E-state index contributed by atoms with van der Waals surface area (Å²) in [6.07, 6.45) is -0.466. The molecular formula is C16H18ClNO4. The van der Waals surface area contributed by atoms with Gasteiger partial charge < -0.3 is 14.3 Å². The van der Waals surface area contributed by atoms with Gasteiger partial charge in [-0.3, -0.25) is 4.90 Å². The summed E-state index contributed by atoms with van der Waals surface area (Å²) in [6.45, 7) is 6.68. The minimum Gasteiger partial charge on any atom is -0.476 e. The summed E-state index contributed by atoms with van der Waals surface area (Å²) in [5, 5.41) is 10.9. The van der Waals surface area contributed by atoms with Gasteiger partial charge >= 0.3 is 5.63 Å². The average Bonchev–Trinajstić information content (AvgIpc) is 2.46. The normalized spacial score (nSPS) is 16.4. The molecule has 0 saturated heterocycles. The first kappa shape index (κ1) is 15.3. The third-order valence-electron chi connectivity index (χ3n) is 4.04. The van der Waals surface area contributed by atoms with Gasteiger partial charge in [-0.1, -0.05) is 11.6 Å². The Morgan fingerprint density at radius 2 is 2.14 bits per heavy atom. The maximum Gasteiger partial charge on any atom is 0.339 e. The standard InChI is InChI=1S/C16H18ClNO4/c1-8(19)5-18-6-12-14-11(4-13(17)15(12)21-7-18)9(2)10(3)16(20)22-14/h4,8,19H,5-7H2,1-3H3. The van der Waals surface area contributed by atoms with Gasteiger partial charge in [0.2, 0.25) is 0 Å². The molecule has 1 unspecified atom stereocenters. The molecule has 0 radical (unpaired) electrons. The summed E-state index contributed by atoms with van der Waals surface area (Å²) < 4.78 is 11.2. The van der Waals surface area contributed by atoms with E-state index in [1.54, 1.807) is 19.9 Å².